The van der Waals surface area contributed by atoms with E-state index in [0.717, 1.165) is 11.8 Å². The first kappa shape index (κ1) is 17.2. The van der Waals surface area contributed by atoms with Crippen LogP contribution < -0.4 is 10.5 Å². The molecule has 0 aliphatic heterocycles. The number of primary sulfonamides is 1. The molecule has 3 N–H and O–H groups in total. The lowest BCUT2D eigenvalue weighted by molar-refractivity contribution is -0.165. The van der Waals surface area contributed by atoms with E-state index in [9.17, 15) is 26.4 Å². The third-order valence-electron chi connectivity index (χ3n) is 2.44. The topological polar surface area (TPSA) is 89.3 Å². The minimum absolute atomic E-state index is 0.0186. The molecule has 9 heteroatoms. The van der Waals surface area contributed by atoms with Crippen LogP contribution in [0.5, 0.6) is 0 Å². The van der Waals surface area contributed by atoms with Gasteiger partial charge in [-0.25, -0.2) is 13.6 Å². The van der Waals surface area contributed by atoms with Gasteiger partial charge in [0.2, 0.25) is 10.0 Å². The lowest BCUT2D eigenvalue weighted by Crippen LogP contribution is -2.21. The first-order valence-electron chi connectivity index (χ1n) is 5.73. The normalized spacial score (nSPS) is 12.6. The number of sulfonamides is 1. The van der Waals surface area contributed by atoms with E-state index < -0.39 is 22.0 Å². The molecule has 21 heavy (non-hydrogen) atoms. The predicted octanol–water partition coefficient (Wildman–Crippen LogP) is 1.11. The molecule has 0 aromatic heterocycles. The summed E-state index contributed by atoms with van der Waals surface area (Å²) in [6, 6.07) is 5.78. The van der Waals surface area contributed by atoms with E-state index in [1.807, 2.05) is 0 Å². The van der Waals surface area contributed by atoms with Gasteiger partial charge in [0, 0.05) is 18.8 Å². The molecule has 0 aliphatic rings. The Hall–Kier alpha value is -1.87. The molecular weight excluding hydrogens is 309 g/mol. The first-order valence-corrected chi connectivity index (χ1v) is 7.28. The monoisotopic (exact) mass is 322 g/mol. The number of alkyl halides is 3. The highest BCUT2D eigenvalue weighted by atomic mass is 32.2. The van der Waals surface area contributed by atoms with Crippen molar-refractivity contribution in [2.75, 3.05) is 6.54 Å². The number of rotatable bonds is 6. The van der Waals surface area contributed by atoms with Gasteiger partial charge >= 0.3 is 6.18 Å². The molecule has 0 saturated heterocycles. The van der Waals surface area contributed by atoms with E-state index in [2.05, 4.69) is 5.32 Å². The van der Waals surface area contributed by atoms with Crippen molar-refractivity contribution in [3.63, 3.8) is 0 Å². The van der Waals surface area contributed by atoms with Crippen LogP contribution in [-0.4, -0.2) is 26.9 Å². The minimum atomic E-state index is -4.87. The molecule has 5 nitrogen and oxygen atoms in total. The van der Waals surface area contributed by atoms with Gasteiger partial charge in [-0.1, -0.05) is 12.1 Å². The highest BCUT2D eigenvalue weighted by Gasteiger charge is 2.35. The molecule has 0 aliphatic carbocycles. The van der Waals surface area contributed by atoms with Gasteiger partial charge in [0.25, 0.3) is 5.78 Å². The van der Waals surface area contributed by atoms with Crippen molar-refractivity contribution in [3.8, 4) is 0 Å². The standard InChI is InChI=1S/C12H13F3N2O3S/c13-12(14,15)11(18)6-8-17-7-5-9-1-3-10(4-2-9)21(16,19)20/h1-4,6,8,17H,5,7H2,(H2,16,19,20)/b8-6+. The predicted molar refractivity (Wildman–Crippen MR) is 69.7 cm³/mol. The van der Waals surface area contributed by atoms with Gasteiger partial charge in [-0.15, -0.1) is 0 Å². The maximum atomic E-state index is 11.9. The zero-order chi connectivity index (χ0) is 16.1. The summed E-state index contributed by atoms with van der Waals surface area (Å²) >= 11 is 0. The van der Waals surface area contributed by atoms with Gasteiger partial charge in [0.15, 0.2) is 0 Å². The van der Waals surface area contributed by atoms with Crippen molar-refractivity contribution in [2.45, 2.75) is 17.5 Å². The molecule has 0 unspecified atom stereocenters. The molecular formula is C12H13F3N2O3S. The van der Waals surface area contributed by atoms with E-state index in [4.69, 9.17) is 5.14 Å². The molecule has 116 valence electrons. The van der Waals surface area contributed by atoms with Crippen LogP contribution in [0.15, 0.2) is 41.4 Å². The van der Waals surface area contributed by atoms with E-state index >= 15 is 0 Å². The van der Waals surface area contributed by atoms with Crippen molar-refractivity contribution in [1.29, 1.82) is 0 Å². The average molecular weight is 322 g/mol. The Bertz CT molecular complexity index is 622. The number of benzene rings is 1. The molecule has 0 amide bonds. The summed E-state index contributed by atoms with van der Waals surface area (Å²) in [7, 11) is -3.74. The van der Waals surface area contributed by atoms with Crippen molar-refractivity contribution in [2.24, 2.45) is 5.14 Å². The van der Waals surface area contributed by atoms with E-state index in [-0.39, 0.29) is 11.4 Å². The molecule has 0 saturated carbocycles. The molecule has 0 radical (unpaired) electrons. The third-order valence-corrected chi connectivity index (χ3v) is 3.37. The van der Waals surface area contributed by atoms with E-state index in [1.54, 1.807) is 12.1 Å². The van der Waals surface area contributed by atoms with Crippen molar-refractivity contribution >= 4 is 15.8 Å². The number of nitrogens with one attached hydrogen (secondary N) is 1. The van der Waals surface area contributed by atoms with Crippen LogP contribution in [0.1, 0.15) is 5.56 Å². The Morgan fingerprint density at radius 2 is 1.81 bits per heavy atom. The third kappa shape index (κ3) is 5.96. The van der Waals surface area contributed by atoms with Crippen LogP contribution in [0.25, 0.3) is 0 Å². The number of hydrogen-bond acceptors (Lipinski definition) is 4. The Labute approximate surface area is 119 Å². The molecule has 1 rings (SSSR count). The second-order valence-electron chi connectivity index (χ2n) is 4.09. The first-order chi connectivity index (χ1) is 9.60. The zero-order valence-corrected chi connectivity index (χ0v) is 11.5. The summed E-state index contributed by atoms with van der Waals surface area (Å²) in [5, 5.41) is 7.47. The van der Waals surface area contributed by atoms with E-state index in [0.29, 0.717) is 12.5 Å². The summed E-state index contributed by atoms with van der Waals surface area (Å²) in [6.07, 6.45) is -3.10. The number of ketones is 1. The van der Waals surface area contributed by atoms with Crippen LogP contribution in [0, 0.1) is 0 Å². The molecule has 0 atom stereocenters. The molecule has 1 aromatic carbocycles. The number of halogens is 3. The number of nitrogens with two attached hydrogens (primary N) is 1. The fourth-order valence-corrected chi connectivity index (χ4v) is 1.89. The summed E-state index contributed by atoms with van der Waals surface area (Å²) < 4.78 is 57.7. The summed E-state index contributed by atoms with van der Waals surface area (Å²) in [6.45, 7) is 0.288. The van der Waals surface area contributed by atoms with Crippen LogP contribution in [0.2, 0.25) is 0 Å². The van der Waals surface area contributed by atoms with Crippen LogP contribution in [0.4, 0.5) is 13.2 Å². The fourth-order valence-electron chi connectivity index (χ4n) is 1.37. The van der Waals surface area contributed by atoms with E-state index in [1.165, 1.54) is 12.1 Å². The van der Waals surface area contributed by atoms with Gasteiger partial charge in [0.1, 0.15) is 0 Å². The smallest absolute Gasteiger partial charge is 0.390 e. The van der Waals surface area contributed by atoms with Gasteiger partial charge in [-0.2, -0.15) is 13.2 Å². The molecule has 0 spiro atoms. The quantitative estimate of drug-likeness (QED) is 0.606. The highest BCUT2D eigenvalue weighted by Crippen LogP contribution is 2.16. The van der Waals surface area contributed by atoms with Crippen molar-refractivity contribution in [3.05, 3.63) is 42.1 Å². The van der Waals surface area contributed by atoms with Gasteiger partial charge in [-0.05, 0) is 24.1 Å². The van der Waals surface area contributed by atoms with Crippen LogP contribution >= 0.6 is 0 Å². The summed E-state index contributed by atoms with van der Waals surface area (Å²) in [5.41, 5.74) is 0.769. The molecule has 0 fully saturated rings. The largest absolute Gasteiger partial charge is 0.454 e. The lowest BCUT2D eigenvalue weighted by atomic mass is 10.1. The number of allylic oxidation sites excluding steroid dienone is 1. The lowest BCUT2D eigenvalue weighted by Gasteiger charge is -2.04. The molecule has 1 aromatic rings. The average Bonchev–Trinajstić information content (AvgIpc) is 2.36. The van der Waals surface area contributed by atoms with Gasteiger partial charge in [0.05, 0.1) is 4.90 Å². The number of carbonyl (C=O) groups is 1. The van der Waals surface area contributed by atoms with Crippen molar-refractivity contribution < 1.29 is 26.4 Å². The maximum absolute atomic E-state index is 11.9. The second kappa shape index (κ2) is 6.72. The summed E-state index contributed by atoms with van der Waals surface area (Å²) in [4.78, 5) is 10.5. The van der Waals surface area contributed by atoms with Gasteiger partial charge in [-0.3, -0.25) is 4.79 Å². The Morgan fingerprint density at radius 1 is 1.24 bits per heavy atom. The zero-order valence-electron chi connectivity index (χ0n) is 10.7. The molecule has 0 heterocycles. The Kier molecular flexibility index (Phi) is 5.50. The molecule has 0 bridgehead atoms. The minimum Gasteiger partial charge on any atom is -0.390 e. The highest BCUT2D eigenvalue weighted by molar-refractivity contribution is 7.89. The Morgan fingerprint density at radius 3 is 2.29 bits per heavy atom. The summed E-state index contributed by atoms with van der Waals surface area (Å²) in [5.74, 6) is -1.94. The number of carbonyl (C=O) groups excluding carboxylic acids is 1. The van der Waals surface area contributed by atoms with Crippen LogP contribution in [-0.2, 0) is 21.2 Å². The number of hydrogen-bond donors (Lipinski definition) is 2. The van der Waals surface area contributed by atoms with Crippen molar-refractivity contribution in [1.82, 2.24) is 5.32 Å². The maximum Gasteiger partial charge on any atom is 0.454 e. The SMILES string of the molecule is NS(=O)(=O)c1ccc(CCN/C=C/C(=O)C(F)(F)F)cc1. The van der Waals surface area contributed by atoms with Crippen LogP contribution in [0.3, 0.4) is 0 Å². The second-order valence-corrected chi connectivity index (χ2v) is 5.65. The fraction of sp³-hybridized carbons (Fsp3) is 0.250. The Balaban J connectivity index is 2.44. The van der Waals surface area contributed by atoms with Gasteiger partial charge < -0.3 is 5.32 Å².